The molecular formula is C9H15N3O2S. The molecule has 4 N–H and O–H groups in total. The normalized spacial score (nSPS) is 11.3. The first kappa shape index (κ1) is 11.8. The van der Waals surface area contributed by atoms with Gasteiger partial charge in [0.15, 0.2) is 0 Å². The first-order valence-corrected chi connectivity index (χ1v) is 6.40. The standard InChI is InChI=1S/C9H15N3O2S/c1-15(13,14)12-7-6-11-9-4-2-8(10)3-5-9/h2-5,11-12H,6-7,10H2,1H3. The molecule has 0 fully saturated rings. The maximum atomic E-state index is 10.7. The summed E-state index contributed by atoms with van der Waals surface area (Å²) < 4.78 is 23.9. The zero-order chi connectivity index (χ0) is 11.3. The zero-order valence-electron chi connectivity index (χ0n) is 8.53. The summed E-state index contributed by atoms with van der Waals surface area (Å²) in [6.07, 6.45) is 1.14. The Morgan fingerprint density at radius 3 is 2.33 bits per heavy atom. The van der Waals surface area contributed by atoms with Gasteiger partial charge in [-0.05, 0) is 24.3 Å². The smallest absolute Gasteiger partial charge is 0.208 e. The maximum Gasteiger partial charge on any atom is 0.208 e. The molecule has 1 aromatic carbocycles. The Hall–Kier alpha value is -1.27. The summed E-state index contributed by atoms with van der Waals surface area (Å²) in [4.78, 5) is 0. The fraction of sp³-hybridized carbons (Fsp3) is 0.333. The van der Waals surface area contributed by atoms with E-state index in [9.17, 15) is 8.42 Å². The number of nitrogens with one attached hydrogen (secondary N) is 2. The SMILES string of the molecule is CS(=O)(=O)NCCNc1ccc(N)cc1. The van der Waals surface area contributed by atoms with Crippen LogP contribution in [0, 0.1) is 0 Å². The van der Waals surface area contributed by atoms with Crippen LogP contribution in [0.3, 0.4) is 0 Å². The highest BCUT2D eigenvalue weighted by atomic mass is 32.2. The Morgan fingerprint density at radius 2 is 1.80 bits per heavy atom. The molecule has 0 aliphatic carbocycles. The van der Waals surface area contributed by atoms with Gasteiger partial charge in [0, 0.05) is 24.5 Å². The van der Waals surface area contributed by atoms with Gasteiger partial charge in [0.1, 0.15) is 0 Å². The van der Waals surface area contributed by atoms with E-state index in [4.69, 9.17) is 5.73 Å². The molecule has 0 atom stereocenters. The van der Waals surface area contributed by atoms with Crippen molar-refractivity contribution in [3.8, 4) is 0 Å². The second-order valence-electron chi connectivity index (χ2n) is 3.22. The number of sulfonamides is 1. The van der Waals surface area contributed by atoms with Gasteiger partial charge in [0.05, 0.1) is 6.26 Å². The van der Waals surface area contributed by atoms with Crippen LogP contribution in [0.1, 0.15) is 0 Å². The second-order valence-corrected chi connectivity index (χ2v) is 5.05. The predicted octanol–water partition coefficient (Wildman–Crippen LogP) is 0.230. The van der Waals surface area contributed by atoms with Gasteiger partial charge < -0.3 is 11.1 Å². The Labute approximate surface area is 89.7 Å². The van der Waals surface area contributed by atoms with E-state index >= 15 is 0 Å². The Morgan fingerprint density at radius 1 is 1.20 bits per heavy atom. The van der Waals surface area contributed by atoms with Crippen molar-refractivity contribution in [2.75, 3.05) is 30.4 Å². The van der Waals surface area contributed by atoms with Gasteiger partial charge in [-0.2, -0.15) is 0 Å². The summed E-state index contributed by atoms with van der Waals surface area (Å²) in [6, 6.07) is 7.25. The fourth-order valence-electron chi connectivity index (χ4n) is 1.04. The summed E-state index contributed by atoms with van der Waals surface area (Å²) in [5.74, 6) is 0. The van der Waals surface area contributed by atoms with E-state index < -0.39 is 10.0 Å². The van der Waals surface area contributed by atoms with Crippen LogP contribution in [0.2, 0.25) is 0 Å². The van der Waals surface area contributed by atoms with E-state index in [2.05, 4.69) is 10.0 Å². The predicted molar refractivity (Wildman–Crippen MR) is 62.2 cm³/mol. The van der Waals surface area contributed by atoms with Gasteiger partial charge in [-0.1, -0.05) is 0 Å². The van der Waals surface area contributed by atoms with Crippen LogP contribution in [0.4, 0.5) is 11.4 Å². The minimum absolute atomic E-state index is 0.364. The molecule has 84 valence electrons. The van der Waals surface area contributed by atoms with Crippen LogP contribution in [-0.2, 0) is 10.0 Å². The third-order valence-corrected chi connectivity index (χ3v) is 2.46. The van der Waals surface area contributed by atoms with Crippen LogP contribution in [0.25, 0.3) is 0 Å². The van der Waals surface area contributed by atoms with Crippen molar-refractivity contribution >= 4 is 21.4 Å². The number of hydrogen-bond donors (Lipinski definition) is 3. The lowest BCUT2D eigenvalue weighted by molar-refractivity contribution is 0.589. The molecule has 0 spiro atoms. The van der Waals surface area contributed by atoms with Crippen LogP contribution in [0.15, 0.2) is 24.3 Å². The largest absolute Gasteiger partial charge is 0.399 e. The zero-order valence-corrected chi connectivity index (χ0v) is 9.34. The van der Waals surface area contributed by atoms with Crippen molar-refractivity contribution < 1.29 is 8.42 Å². The Balaban J connectivity index is 2.29. The summed E-state index contributed by atoms with van der Waals surface area (Å²) in [7, 11) is -3.10. The lowest BCUT2D eigenvalue weighted by atomic mass is 10.3. The van der Waals surface area contributed by atoms with E-state index in [0.717, 1.165) is 11.9 Å². The number of rotatable bonds is 5. The van der Waals surface area contributed by atoms with Gasteiger partial charge in [-0.15, -0.1) is 0 Å². The molecule has 15 heavy (non-hydrogen) atoms. The molecule has 0 radical (unpaired) electrons. The molecule has 0 aliphatic heterocycles. The minimum atomic E-state index is -3.10. The Bertz CT molecular complexity index is 400. The molecule has 0 aromatic heterocycles. The lowest BCUT2D eigenvalue weighted by Gasteiger charge is -2.06. The summed E-state index contributed by atoms with van der Waals surface area (Å²) in [6.45, 7) is 0.903. The van der Waals surface area contributed by atoms with Gasteiger partial charge in [0.25, 0.3) is 0 Å². The number of nitrogens with two attached hydrogens (primary N) is 1. The van der Waals surface area contributed by atoms with Crippen LogP contribution in [0.5, 0.6) is 0 Å². The van der Waals surface area contributed by atoms with Crippen molar-refractivity contribution in [1.82, 2.24) is 4.72 Å². The molecule has 0 heterocycles. The van der Waals surface area contributed by atoms with Gasteiger partial charge in [0.2, 0.25) is 10.0 Å². The second kappa shape index (κ2) is 4.99. The first-order valence-electron chi connectivity index (χ1n) is 4.51. The van der Waals surface area contributed by atoms with Crippen molar-refractivity contribution in [2.45, 2.75) is 0 Å². The van der Waals surface area contributed by atoms with E-state index in [1.807, 2.05) is 12.1 Å². The third kappa shape index (κ3) is 5.24. The van der Waals surface area contributed by atoms with Gasteiger partial charge >= 0.3 is 0 Å². The molecule has 1 aromatic rings. The quantitative estimate of drug-likeness (QED) is 0.498. The van der Waals surface area contributed by atoms with Crippen molar-refractivity contribution in [2.24, 2.45) is 0 Å². The third-order valence-electron chi connectivity index (χ3n) is 1.73. The molecule has 0 saturated heterocycles. The van der Waals surface area contributed by atoms with E-state index in [1.165, 1.54) is 0 Å². The Kier molecular flexibility index (Phi) is 3.93. The average Bonchev–Trinajstić information content (AvgIpc) is 2.14. The molecule has 0 aliphatic rings. The first-order chi connectivity index (χ1) is 6.97. The molecule has 6 heteroatoms. The molecule has 1 rings (SSSR count). The molecule has 0 saturated carbocycles. The van der Waals surface area contributed by atoms with Crippen molar-refractivity contribution in [3.05, 3.63) is 24.3 Å². The molecule has 0 amide bonds. The fourth-order valence-corrected chi connectivity index (χ4v) is 1.52. The summed E-state index contributed by atoms with van der Waals surface area (Å²) in [5.41, 5.74) is 7.14. The number of benzene rings is 1. The lowest BCUT2D eigenvalue weighted by Crippen LogP contribution is -2.27. The monoisotopic (exact) mass is 229 g/mol. The van der Waals surface area contributed by atoms with Gasteiger partial charge in [-0.3, -0.25) is 0 Å². The molecule has 5 nitrogen and oxygen atoms in total. The number of hydrogen-bond acceptors (Lipinski definition) is 4. The highest BCUT2D eigenvalue weighted by Gasteiger charge is 1.98. The van der Waals surface area contributed by atoms with Crippen molar-refractivity contribution in [3.63, 3.8) is 0 Å². The van der Waals surface area contributed by atoms with Crippen LogP contribution in [-0.4, -0.2) is 27.8 Å². The molecule has 0 bridgehead atoms. The maximum absolute atomic E-state index is 10.7. The van der Waals surface area contributed by atoms with Gasteiger partial charge in [-0.25, -0.2) is 13.1 Å². The topological polar surface area (TPSA) is 84.2 Å². The molecular weight excluding hydrogens is 214 g/mol. The average molecular weight is 229 g/mol. The van der Waals surface area contributed by atoms with Crippen LogP contribution < -0.4 is 15.8 Å². The molecule has 0 unspecified atom stereocenters. The van der Waals surface area contributed by atoms with E-state index in [-0.39, 0.29) is 0 Å². The number of anilines is 2. The van der Waals surface area contributed by atoms with Crippen LogP contribution >= 0.6 is 0 Å². The summed E-state index contributed by atoms with van der Waals surface area (Å²) in [5, 5.41) is 3.06. The van der Waals surface area contributed by atoms with E-state index in [0.29, 0.717) is 18.8 Å². The van der Waals surface area contributed by atoms with Crippen molar-refractivity contribution in [1.29, 1.82) is 0 Å². The highest BCUT2D eigenvalue weighted by molar-refractivity contribution is 7.88. The van der Waals surface area contributed by atoms with E-state index in [1.54, 1.807) is 12.1 Å². The summed E-state index contributed by atoms with van der Waals surface area (Å²) >= 11 is 0. The number of nitrogen functional groups attached to an aromatic ring is 1. The highest BCUT2D eigenvalue weighted by Crippen LogP contribution is 2.09. The minimum Gasteiger partial charge on any atom is -0.399 e.